The summed E-state index contributed by atoms with van der Waals surface area (Å²) in [4.78, 5) is 4.18. The van der Waals surface area contributed by atoms with Gasteiger partial charge in [-0.3, -0.25) is 4.99 Å². The smallest absolute Gasteiger partial charge is 0.0716 e. The van der Waals surface area contributed by atoms with Crippen molar-refractivity contribution in [1.29, 1.82) is 5.41 Å². The molecular weight excluding hydrogens is 136 g/mol. The second-order valence-electron chi connectivity index (χ2n) is 2.51. The number of fused-ring (bicyclic) bond motifs is 1. The third-order valence-corrected chi connectivity index (χ3v) is 1.75. The van der Waals surface area contributed by atoms with Crippen LogP contribution < -0.4 is 0 Å². The lowest BCUT2D eigenvalue weighted by atomic mass is 10.0. The number of hydrogen-bond donors (Lipinski definition) is 1. The van der Waals surface area contributed by atoms with Gasteiger partial charge < -0.3 is 5.41 Å². The predicted octanol–water partition coefficient (Wildman–Crippen LogP) is 2.16. The molecule has 2 nitrogen and oxygen atoms in total. The van der Waals surface area contributed by atoms with Crippen LogP contribution in [-0.4, -0.2) is 11.9 Å². The van der Waals surface area contributed by atoms with Gasteiger partial charge >= 0.3 is 0 Å². The van der Waals surface area contributed by atoms with Gasteiger partial charge in [0.1, 0.15) is 0 Å². The first-order chi connectivity index (χ1) is 5.38. The number of nitrogens with one attached hydrogen (secondary N) is 1. The molecule has 0 aliphatic carbocycles. The predicted molar refractivity (Wildman–Crippen MR) is 46.0 cm³/mol. The van der Waals surface area contributed by atoms with E-state index in [2.05, 4.69) is 4.99 Å². The molecule has 1 heterocycles. The number of para-hydroxylation sites is 1. The van der Waals surface area contributed by atoms with Gasteiger partial charge in [0.15, 0.2) is 0 Å². The van der Waals surface area contributed by atoms with Crippen LogP contribution in [0.15, 0.2) is 29.3 Å². The Labute approximate surface area is 65.1 Å². The average Bonchev–Trinajstić information content (AvgIpc) is 2.06. The zero-order valence-electron chi connectivity index (χ0n) is 6.04. The molecule has 1 aliphatic heterocycles. The van der Waals surface area contributed by atoms with Crippen LogP contribution in [-0.2, 0) is 0 Å². The Morgan fingerprint density at radius 2 is 2.09 bits per heavy atom. The van der Waals surface area contributed by atoms with Gasteiger partial charge in [0.25, 0.3) is 0 Å². The second-order valence-corrected chi connectivity index (χ2v) is 2.51. The molecule has 0 atom stereocenters. The van der Waals surface area contributed by atoms with Crippen molar-refractivity contribution < 1.29 is 0 Å². The highest BCUT2D eigenvalue weighted by atomic mass is 14.7. The fourth-order valence-electron chi connectivity index (χ4n) is 1.19. The Kier molecular flexibility index (Phi) is 1.32. The normalized spacial score (nSPS) is 14.7. The van der Waals surface area contributed by atoms with Gasteiger partial charge in [-0.25, -0.2) is 0 Å². The van der Waals surface area contributed by atoms with Crippen LogP contribution in [0.3, 0.4) is 0 Å². The van der Waals surface area contributed by atoms with E-state index in [9.17, 15) is 0 Å². The minimum atomic E-state index is 0.663. The molecule has 0 radical (unpaired) electrons. The van der Waals surface area contributed by atoms with Gasteiger partial charge in [-0.2, -0.15) is 0 Å². The van der Waals surface area contributed by atoms with Crippen LogP contribution in [0, 0.1) is 5.41 Å². The van der Waals surface area contributed by atoms with Crippen LogP contribution in [0.2, 0.25) is 0 Å². The molecular formula is C9H8N2. The summed E-state index contributed by atoms with van der Waals surface area (Å²) >= 11 is 0. The maximum Gasteiger partial charge on any atom is 0.0716 e. The second kappa shape index (κ2) is 2.31. The molecule has 0 bridgehead atoms. The maximum absolute atomic E-state index is 7.58. The van der Waals surface area contributed by atoms with Crippen molar-refractivity contribution in [1.82, 2.24) is 0 Å². The van der Waals surface area contributed by atoms with Crippen molar-refractivity contribution in [2.45, 2.75) is 6.42 Å². The van der Waals surface area contributed by atoms with Gasteiger partial charge in [-0.15, -0.1) is 0 Å². The van der Waals surface area contributed by atoms with Crippen molar-refractivity contribution in [2.24, 2.45) is 4.99 Å². The minimum Gasteiger partial charge on any atom is -0.304 e. The third-order valence-electron chi connectivity index (χ3n) is 1.75. The molecule has 0 amide bonds. The molecule has 0 fully saturated rings. The zero-order valence-corrected chi connectivity index (χ0v) is 6.04. The first-order valence-corrected chi connectivity index (χ1v) is 3.57. The highest BCUT2D eigenvalue weighted by Gasteiger charge is 2.08. The van der Waals surface area contributed by atoms with E-state index in [1.165, 1.54) is 0 Å². The number of aliphatic imine (C=N–C) groups is 1. The highest BCUT2D eigenvalue weighted by Crippen LogP contribution is 2.22. The van der Waals surface area contributed by atoms with Crippen LogP contribution in [0.1, 0.15) is 12.0 Å². The maximum atomic E-state index is 7.58. The summed E-state index contributed by atoms with van der Waals surface area (Å²) in [5, 5.41) is 7.58. The Morgan fingerprint density at radius 1 is 1.27 bits per heavy atom. The lowest BCUT2D eigenvalue weighted by molar-refractivity contribution is 1.35. The molecule has 0 saturated carbocycles. The van der Waals surface area contributed by atoms with Gasteiger partial charge in [0.2, 0.25) is 0 Å². The molecule has 11 heavy (non-hydrogen) atoms. The lowest BCUT2D eigenvalue weighted by Crippen LogP contribution is -2.03. The van der Waals surface area contributed by atoms with Crippen molar-refractivity contribution in [3.05, 3.63) is 29.8 Å². The summed E-state index contributed by atoms with van der Waals surface area (Å²) in [5.74, 6) is 0. The Hall–Kier alpha value is -1.44. The van der Waals surface area contributed by atoms with E-state index < -0.39 is 0 Å². The fourth-order valence-corrected chi connectivity index (χ4v) is 1.19. The summed E-state index contributed by atoms with van der Waals surface area (Å²) in [6, 6.07) is 7.75. The summed E-state index contributed by atoms with van der Waals surface area (Å²) in [7, 11) is 0. The Balaban J connectivity index is 2.63. The summed E-state index contributed by atoms with van der Waals surface area (Å²) in [5.41, 5.74) is 2.55. The first-order valence-electron chi connectivity index (χ1n) is 3.57. The molecule has 1 aliphatic rings. The summed E-state index contributed by atoms with van der Waals surface area (Å²) in [6.07, 6.45) is 2.45. The van der Waals surface area contributed by atoms with Crippen molar-refractivity contribution >= 4 is 17.6 Å². The number of benzene rings is 1. The first kappa shape index (κ1) is 6.28. The van der Waals surface area contributed by atoms with Gasteiger partial charge in [0, 0.05) is 23.9 Å². The standard InChI is InChI=1S/C9H8N2/c10-8-5-6-11-9-4-2-1-3-7(8)9/h1-4,6,10H,5H2. The number of nitrogens with zero attached hydrogens (tertiary/aromatic N) is 1. The van der Waals surface area contributed by atoms with Gasteiger partial charge in [-0.05, 0) is 6.07 Å². The van der Waals surface area contributed by atoms with E-state index in [-0.39, 0.29) is 0 Å². The molecule has 2 heteroatoms. The molecule has 54 valence electrons. The largest absolute Gasteiger partial charge is 0.304 e. The zero-order chi connectivity index (χ0) is 7.68. The van der Waals surface area contributed by atoms with Gasteiger partial charge in [-0.1, -0.05) is 18.2 Å². The Bertz CT molecular complexity index is 326. The van der Waals surface area contributed by atoms with E-state index in [0.29, 0.717) is 12.1 Å². The Morgan fingerprint density at radius 3 is 2.91 bits per heavy atom. The van der Waals surface area contributed by atoms with E-state index in [1.54, 1.807) is 6.21 Å². The van der Waals surface area contributed by atoms with Crippen LogP contribution in [0.4, 0.5) is 5.69 Å². The minimum absolute atomic E-state index is 0.663. The van der Waals surface area contributed by atoms with Gasteiger partial charge in [0.05, 0.1) is 5.69 Å². The molecule has 0 aromatic heterocycles. The molecule has 1 aromatic rings. The highest BCUT2D eigenvalue weighted by molar-refractivity contribution is 6.11. The lowest BCUT2D eigenvalue weighted by Gasteiger charge is -2.08. The van der Waals surface area contributed by atoms with Crippen molar-refractivity contribution in [2.75, 3.05) is 0 Å². The van der Waals surface area contributed by atoms with Crippen LogP contribution in [0.5, 0.6) is 0 Å². The summed E-state index contributed by atoms with van der Waals surface area (Å²) < 4.78 is 0. The summed E-state index contributed by atoms with van der Waals surface area (Å²) in [6.45, 7) is 0. The quantitative estimate of drug-likeness (QED) is 0.579. The van der Waals surface area contributed by atoms with E-state index in [4.69, 9.17) is 5.41 Å². The van der Waals surface area contributed by atoms with Crippen LogP contribution in [0.25, 0.3) is 0 Å². The monoisotopic (exact) mass is 144 g/mol. The van der Waals surface area contributed by atoms with E-state index >= 15 is 0 Å². The SMILES string of the molecule is N=C1CC=Nc2ccccc21. The molecule has 1 aromatic carbocycles. The molecule has 1 N–H and O–H groups in total. The molecule has 0 saturated heterocycles. The topological polar surface area (TPSA) is 36.2 Å². The number of hydrogen-bond acceptors (Lipinski definition) is 2. The molecule has 2 rings (SSSR count). The molecule has 0 spiro atoms. The van der Waals surface area contributed by atoms with Crippen molar-refractivity contribution in [3.8, 4) is 0 Å². The van der Waals surface area contributed by atoms with Crippen LogP contribution >= 0.6 is 0 Å². The van der Waals surface area contributed by atoms with Crippen molar-refractivity contribution in [3.63, 3.8) is 0 Å². The molecule has 0 unspecified atom stereocenters. The fraction of sp³-hybridized carbons (Fsp3) is 0.111. The third kappa shape index (κ3) is 0.963. The number of rotatable bonds is 0. The van der Waals surface area contributed by atoms with E-state index in [1.807, 2.05) is 24.3 Å². The van der Waals surface area contributed by atoms with E-state index in [0.717, 1.165) is 11.3 Å². The average molecular weight is 144 g/mol.